The van der Waals surface area contributed by atoms with E-state index in [0.29, 0.717) is 0 Å². The second-order valence-electron chi connectivity index (χ2n) is 8.81. The van der Waals surface area contributed by atoms with Crippen molar-refractivity contribution in [1.29, 1.82) is 0 Å². The fourth-order valence-corrected chi connectivity index (χ4v) is 4.12. The number of rotatable bonds is 2. The predicted molar refractivity (Wildman–Crippen MR) is 125 cm³/mol. The van der Waals surface area contributed by atoms with E-state index < -0.39 is 0 Å². The van der Waals surface area contributed by atoms with Gasteiger partial charge in [-0.1, -0.05) is 99.6 Å². The average molecular weight is 376 g/mol. The fourth-order valence-electron chi connectivity index (χ4n) is 4.12. The smallest absolute Gasteiger partial charge is 0.0544 e. The summed E-state index contributed by atoms with van der Waals surface area (Å²) in [5.74, 6) is 0. The van der Waals surface area contributed by atoms with Gasteiger partial charge in [-0.2, -0.15) is 0 Å². The van der Waals surface area contributed by atoms with Crippen LogP contribution in [-0.2, 0) is 5.41 Å². The van der Waals surface area contributed by atoms with Crippen LogP contribution in [0.25, 0.3) is 44.1 Å². The van der Waals surface area contributed by atoms with Crippen LogP contribution in [0.1, 0.15) is 26.3 Å². The third-order valence-electron chi connectivity index (χ3n) is 5.80. The van der Waals surface area contributed by atoms with Crippen LogP contribution in [0.2, 0.25) is 0 Å². The summed E-state index contributed by atoms with van der Waals surface area (Å²) in [4.78, 5) is 3.67. The van der Waals surface area contributed by atoms with Gasteiger partial charge in [-0.05, 0) is 39.8 Å². The third kappa shape index (κ3) is 3.13. The van der Waals surface area contributed by atoms with Gasteiger partial charge in [-0.3, -0.25) is 0 Å². The van der Waals surface area contributed by atoms with Crippen LogP contribution in [0.5, 0.6) is 0 Å². The summed E-state index contributed by atoms with van der Waals surface area (Å²) in [5, 5.41) is 2.55. The summed E-state index contributed by atoms with van der Waals surface area (Å²) < 4.78 is 0. The molecule has 1 N–H and O–H groups in total. The molecule has 1 heterocycles. The van der Waals surface area contributed by atoms with Crippen molar-refractivity contribution in [3.05, 3.63) is 96.6 Å². The van der Waals surface area contributed by atoms with Gasteiger partial charge in [0, 0.05) is 21.9 Å². The first kappa shape index (κ1) is 17.8. The molecule has 5 aromatic rings. The van der Waals surface area contributed by atoms with Gasteiger partial charge in [0.15, 0.2) is 0 Å². The van der Waals surface area contributed by atoms with Crippen molar-refractivity contribution < 1.29 is 0 Å². The third-order valence-corrected chi connectivity index (χ3v) is 5.80. The standard InChI is InChI=1S/C28H25N/c1-28(2,3)22-15-12-20(13-16-22)23-10-7-11-24-25-18-21(19-8-5-4-6-9-19)14-17-26(25)29-27(23)24/h4-18,29H,1-3H3. The van der Waals surface area contributed by atoms with Crippen LogP contribution in [0, 0.1) is 0 Å². The molecular formula is C28H25N. The molecule has 0 aliphatic heterocycles. The average Bonchev–Trinajstić information content (AvgIpc) is 3.12. The molecule has 0 atom stereocenters. The van der Waals surface area contributed by atoms with Gasteiger partial charge in [-0.15, -0.1) is 0 Å². The van der Waals surface area contributed by atoms with E-state index in [9.17, 15) is 0 Å². The molecule has 0 aliphatic carbocycles. The van der Waals surface area contributed by atoms with Gasteiger partial charge in [0.2, 0.25) is 0 Å². The van der Waals surface area contributed by atoms with Gasteiger partial charge in [0.25, 0.3) is 0 Å². The molecule has 0 saturated heterocycles. The molecule has 1 heteroatoms. The van der Waals surface area contributed by atoms with Gasteiger partial charge in [-0.25, -0.2) is 0 Å². The number of nitrogens with one attached hydrogen (secondary N) is 1. The van der Waals surface area contributed by atoms with E-state index in [0.717, 1.165) is 0 Å². The largest absolute Gasteiger partial charge is 0.354 e. The van der Waals surface area contributed by atoms with Gasteiger partial charge in [0.1, 0.15) is 0 Å². The van der Waals surface area contributed by atoms with E-state index >= 15 is 0 Å². The number of para-hydroxylation sites is 1. The zero-order valence-corrected chi connectivity index (χ0v) is 17.2. The quantitative estimate of drug-likeness (QED) is 0.322. The number of aromatic amines is 1. The Kier molecular flexibility index (Phi) is 4.06. The molecule has 1 nitrogen and oxygen atoms in total. The molecule has 0 radical (unpaired) electrons. The minimum absolute atomic E-state index is 0.166. The maximum absolute atomic E-state index is 3.67. The Morgan fingerprint density at radius 2 is 1.31 bits per heavy atom. The monoisotopic (exact) mass is 375 g/mol. The number of hydrogen-bond acceptors (Lipinski definition) is 0. The summed E-state index contributed by atoms with van der Waals surface area (Å²) >= 11 is 0. The summed E-state index contributed by atoms with van der Waals surface area (Å²) in [6.07, 6.45) is 0. The van der Waals surface area contributed by atoms with Crippen LogP contribution >= 0.6 is 0 Å². The van der Waals surface area contributed by atoms with Gasteiger partial charge < -0.3 is 4.98 Å². The van der Waals surface area contributed by atoms with Crippen molar-refractivity contribution in [2.24, 2.45) is 0 Å². The fraction of sp³-hybridized carbons (Fsp3) is 0.143. The predicted octanol–water partition coefficient (Wildman–Crippen LogP) is 7.95. The number of H-pyrrole nitrogens is 1. The van der Waals surface area contributed by atoms with Gasteiger partial charge in [0.05, 0.1) is 5.52 Å². The van der Waals surface area contributed by atoms with Crippen molar-refractivity contribution in [1.82, 2.24) is 4.98 Å². The first-order chi connectivity index (χ1) is 14.0. The van der Waals surface area contributed by atoms with E-state index in [4.69, 9.17) is 0 Å². The summed E-state index contributed by atoms with van der Waals surface area (Å²) in [6, 6.07) is 32.9. The highest BCUT2D eigenvalue weighted by atomic mass is 14.7. The summed E-state index contributed by atoms with van der Waals surface area (Å²) in [7, 11) is 0. The van der Waals surface area contributed by atoms with Crippen molar-refractivity contribution in [3.8, 4) is 22.3 Å². The molecule has 5 rings (SSSR count). The van der Waals surface area contributed by atoms with Crippen molar-refractivity contribution in [2.45, 2.75) is 26.2 Å². The number of fused-ring (bicyclic) bond motifs is 3. The van der Waals surface area contributed by atoms with Crippen LogP contribution in [0.3, 0.4) is 0 Å². The Bertz CT molecular complexity index is 1300. The minimum atomic E-state index is 0.166. The van der Waals surface area contributed by atoms with Crippen LogP contribution in [0.4, 0.5) is 0 Å². The zero-order chi connectivity index (χ0) is 20.0. The van der Waals surface area contributed by atoms with E-state index in [2.05, 4.69) is 117 Å². The van der Waals surface area contributed by atoms with E-state index in [1.807, 2.05) is 0 Å². The Morgan fingerprint density at radius 1 is 0.586 bits per heavy atom. The van der Waals surface area contributed by atoms with E-state index in [-0.39, 0.29) is 5.41 Å². The molecule has 0 amide bonds. The first-order valence-electron chi connectivity index (χ1n) is 10.2. The van der Waals surface area contributed by atoms with E-state index in [1.54, 1.807) is 0 Å². The lowest BCUT2D eigenvalue weighted by atomic mass is 9.86. The van der Waals surface area contributed by atoms with Crippen molar-refractivity contribution in [3.63, 3.8) is 0 Å². The maximum atomic E-state index is 3.67. The number of benzene rings is 4. The van der Waals surface area contributed by atoms with Crippen LogP contribution in [-0.4, -0.2) is 4.98 Å². The minimum Gasteiger partial charge on any atom is -0.354 e. The number of hydrogen-bond donors (Lipinski definition) is 1. The molecule has 0 fully saturated rings. The number of aromatic nitrogens is 1. The lowest BCUT2D eigenvalue weighted by Gasteiger charge is -2.19. The molecule has 0 aliphatic rings. The van der Waals surface area contributed by atoms with E-state index in [1.165, 1.54) is 49.6 Å². The maximum Gasteiger partial charge on any atom is 0.0544 e. The normalized spacial score (nSPS) is 12.0. The van der Waals surface area contributed by atoms with Crippen molar-refractivity contribution in [2.75, 3.05) is 0 Å². The van der Waals surface area contributed by atoms with Crippen molar-refractivity contribution >= 4 is 21.8 Å². The molecule has 0 bridgehead atoms. The second kappa shape index (κ2) is 6.63. The Balaban J connectivity index is 1.66. The van der Waals surface area contributed by atoms with Crippen LogP contribution < -0.4 is 0 Å². The molecule has 0 unspecified atom stereocenters. The lowest BCUT2D eigenvalue weighted by Crippen LogP contribution is -2.10. The molecule has 29 heavy (non-hydrogen) atoms. The van der Waals surface area contributed by atoms with Gasteiger partial charge >= 0.3 is 0 Å². The Morgan fingerprint density at radius 3 is 2.03 bits per heavy atom. The molecule has 142 valence electrons. The summed E-state index contributed by atoms with van der Waals surface area (Å²) in [5.41, 5.74) is 8.90. The molecule has 1 aromatic heterocycles. The van der Waals surface area contributed by atoms with Crippen LogP contribution in [0.15, 0.2) is 91.0 Å². The highest BCUT2D eigenvalue weighted by Crippen LogP contribution is 2.35. The highest BCUT2D eigenvalue weighted by molar-refractivity contribution is 6.12. The second-order valence-corrected chi connectivity index (χ2v) is 8.81. The molecule has 4 aromatic carbocycles. The highest BCUT2D eigenvalue weighted by Gasteiger charge is 2.14. The SMILES string of the molecule is CC(C)(C)c1ccc(-c2cccc3c2[nH]c2ccc(-c4ccccc4)cc23)cc1. The first-order valence-corrected chi connectivity index (χ1v) is 10.2. The molecule has 0 spiro atoms. The Hall–Kier alpha value is -3.32. The lowest BCUT2D eigenvalue weighted by molar-refractivity contribution is 0.590. The molecule has 0 saturated carbocycles. The Labute approximate surface area is 172 Å². The topological polar surface area (TPSA) is 15.8 Å². The zero-order valence-electron chi connectivity index (χ0n) is 17.2. The summed E-state index contributed by atoms with van der Waals surface area (Å²) in [6.45, 7) is 6.76. The molecular weight excluding hydrogens is 350 g/mol.